The molecule has 0 saturated carbocycles. The zero-order valence-electron chi connectivity index (χ0n) is 9.79. The largest absolute Gasteiger partial charge is 0.298 e. The Kier molecular flexibility index (Phi) is 3.20. The third-order valence-corrected chi connectivity index (χ3v) is 5.40. The van der Waals surface area contributed by atoms with Crippen LogP contribution in [0.1, 0.15) is 10.4 Å². The Morgan fingerprint density at radius 2 is 1.47 bits per heavy atom. The number of amides is 2. The zero-order chi connectivity index (χ0) is 13.4. The number of rotatable bonds is 2. The minimum absolute atomic E-state index is 0.254. The van der Waals surface area contributed by atoms with E-state index < -0.39 is 0 Å². The van der Waals surface area contributed by atoms with Crippen molar-refractivity contribution in [3.63, 3.8) is 0 Å². The molecule has 1 aromatic carbocycles. The van der Waals surface area contributed by atoms with Crippen molar-refractivity contribution in [1.82, 2.24) is 0 Å². The predicted molar refractivity (Wildman–Crippen MR) is 76.3 cm³/mol. The first kappa shape index (κ1) is 12.5. The monoisotopic (exact) mass is 291 g/mol. The molecule has 6 heteroatoms. The van der Waals surface area contributed by atoms with Crippen molar-refractivity contribution in [3.8, 4) is 0 Å². The Bertz CT molecular complexity index is 579. The Balaban J connectivity index is 1.96. The van der Waals surface area contributed by atoms with Gasteiger partial charge in [-0.3, -0.25) is 14.4 Å². The van der Waals surface area contributed by atoms with E-state index in [4.69, 9.17) is 0 Å². The van der Waals surface area contributed by atoms with Gasteiger partial charge in [-0.2, -0.15) is 0 Å². The number of anilines is 1. The number of imide groups is 1. The summed E-state index contributed by atoms with van der Waals surface area (Å²) in [5, 5.41) is 0. The first-order valence-electron chi connectivity index (χ1n) is 5.66. The summed E-state index contributed by atoms with van der Waals surface area (Å²) in [6.45, 7) is 0. The second-order valence-electron chi connectivity index (χ2n) is 4.01. The summed E-state index contributed by atoms with van der Waals surface area (Å²) in [6, 6.07) is 6.43. The molecular weight excluding hydrogens is 282 g/mol. The van der Waals surface area contributed by atoms with E-state index in [1.54, 1.807) is 24.3 Å². The van der Waals surface area contributed by atoms with Gasteiger partial charge in [-0.05, 0) is 24.3 Å². The number of thioether (sulfide) groups is 2. The van der Waals surface area contributed by atoms with Crippen molar-refractivity contribution < 1.29 is 14.4 Å². The van der Waals surface area contributed by atoms with Crippen LogP contribution in [0.3, 0.4) is 0 Å². The van der Waals surface area contributed by atoms with Gasteiger partial charge >= 0.3 is 0 Å². The molecular formula is C13H9NO3S2. The Morgan fingerprint density at radius 3 is 1.95 bits per heavy atom. The molecule has 19 heavy (non-hydrogen) atoms. The molecule has 4 nitrogen and oxygen atoms in total. The Morgan fingerprint density at radius 1 is 0.947 bits per heavy atom. The summed E-state index contributed by atoms with van der Waals surface area (Å²) in [6.07, 6.45) is 0.729. The van der Waals surface area contributed by atoms with E-state index in [0.29, 0.717) is 21.1 Å². The maximum absolute atomic E-state index is 12.2. The van der Waals surface area contributed by atoms with Crippen LogP contribution in [0.15, 0.2) is 34.1 Å². The summed E-state index contributed by atoms with van der Waals surface area (Å²) in [4.78, 5) is 37.4. The first-order valence-corrected chi connectivity index (χ1v) is 7.63. The predicted octanol–water partition coefficient (Wildman–Crippen LogP) is 2.06. The number of aldehydes is 1. The van der Waals surface area contributed by atoms with E-state index in [2.05, 4.69) is 0 Å². The SMILES string of the molecule is O=Cc1ccc(N2C(=O)C3=C(SCCS3)C2=O)cc1. The van der Waals surface area contributed by atoms with Gasteiger partial charge in [-0.15, -0.1) is 23.5 Å². The Hall–Kier alpha value is -1.53. The molecule has 2 aliphatic rings. The molecule has 0 radical (unpaired) electrons. The van der Waals surface area contributed by atoms with Gasteiger partial charge in [-0.1, -0.05) is 0 Å². The molecule has 0 spiro atoms. The smallest absolute Gasteiger partial charge is 0.273 e. The van der Waals surface area contributed by atoms with Crippen LogP contribution in [0.5, 0.6) is 0 Å². The first-order chi connectivity index (χ1) is 9.22. The number of nitrogens with zero attached hydrogens (tertiary/aromatic N) is 1. The van der Waals surface area contributed by atoms with Gasteiger partial charge in [0.2, 0.25) is 0 Å². The summed E-state index contributed by atoms with van der Waals surface area (Å²) in [7, 11) is 0. The fourth-order valence-corrected chi connectivity index (χ4v) is 4.26. The highest BCUT2D eigenvalue weighted by atomic mass is 32.2. The minimum Gasteiger partial charge on any atom is -0.298 e. The maximum atomic E-state index is 12.2. The average Bonchev–Trinajstić information content (AvgIpc) is 2.72. The highest BCUT2D eigenvalue weighted by Crippen LogP contribution is 2.42. The van der Waals surface area contributed by atoms with E-state index in [9.17, 15) is 14.4 Å². The van der Waals surface area contributed by atoms with Gasteiger partial charge in [0.15, 0.2) is 0 Å². The van der Waals surface area contributed by atoms with Crippen LogP contribution < -0.4 is 4.90 Å². The molecule has 0 fully saturated rings. The van der Waals surface area contributed by atoms with Crippen LogP contribution in [-0.2, 0) is 9.59 Å². The lowest BCUT2D eigenvalue weighted by Gasteiger charge is -2.14. The molecule has 0 bridgehead atoms. The Labute approximate surface area is 118 Å². The molecule has 96 valence electrons. The topological polar surface area (TPSA) is 54.5 Å². The highest BCUT2D eigenvalue weighted by molar-refractivity contribution is 8.11. The van der Waals surface area contributed by atoms with Gasteiger partial charge in [0, 0.05) is 17.1 Å². The van der Waals surface area contributed by atoms with Crippen molar-refractivity contribution in [1.29, 1.82) is 0 Å². The average molecular weight is 291 g/mol. The number of carbonyl (C=O) groups excluding carboxylic acids is 3. The second kappa shape index (κ2) is 4.86. The van der Waals surface area contributed by atoms with E-state index in [1.807, 2.05) is 0 Å². The molecule has 0 aliphatic carbocycles. The molecule has 2 heterocycles. The van der Waals surface area contributed by atoms with Gasteiger partial charge in [0.05, 0.1) is 15.5 Å². The summed E-state index contributed by atoms with van der Waals surface area (Å²) in [5.41, 5.74) is 1.03. The number of hydrogen-bond acceptors (Lipinski definition) is 5. The lowest BCUT2D eigenvalue weighted by Crippen LogP contribution is -2.31. The molecule has 0 unspecified atom stereocenters. The van der Waals surface area contributed by atoms with Gasteiger partial charge in [-0.25, -0.2) is 4.90 Å². The van der Waals surface area contributed by atoms with Crippen molar-refractivity contribution in [2.24, 2.45) is 0 Å². The summed E-state index contributed by atoms with van der Waals surface area (Å²) < 4.78 is 0. The third kappa shape index (κ3) is 2.01. The van der Waals surface area contributed by atoms with Crippen molar-refractivity contribution >= 4 is 47.3 Å². The van der Waals surface area contributed by atoms with Crippen LogP contribution in [0.25, 0.3) is 0 Å². The van der Waals surface area contributed by atoms with Gasteiger partial charge in [0.1, 0.15) is 6.29 Å². The van der Waals surface area contributed by atoms with Crippen LogP contribution in [0.2, 0.25) is 0 Å². The van der Waals surface area contributed by atoms with E-state index in [0.717, 1.165) is 17.8 Å². The molecule has 0 aromatic heterocycles. The quantitative estimate of drug-likeness (QED) is 0.616. The number of hydrogen-bond donors (Lipinski definition) is 0. The molecule has 1 aromatic rings. The van der Waals surface area contributed by atoms with Crippen molar-refractivity contribution in [2.75, 3.05) is 16.4 Å². The fourth-order valence-electron chi connectivity index (χ4n) is 1.97. The van der Waals surface area contributed by atoms with Crippen LogP contribution in [-0.4, -0.2) is 29.6 Å². The second-order valence-corrected chi connectivity index (χ2v) is 6.22. The van der Waals surface area contributed by atoms with E-state index >= 15 is 0 Å². The van der Waals surface area contributed by atoms with Crippen molar-refractivity contribution in [3.05, 3.63) is 39.6 Å². The number of carbonyl (C=O) groups is 3. The zero-order valence-corrected chi connectivity index (χ0v) is 11.4. The molecule has 0 saturated heterocycles. The molecule has 2 aliphatic heterocycles. The fraction of sp³-hybridized carbons (Fsp3) is 0.154. The van der Waals surface area contributed by atoms with Gasteiger partial charge < -0.3 is 0 Å². The third-order valence-electron chi connectivity index (χ3n) is 2.86. The summed E-state index contributed by atoms with van der Waals surface area (Å²) in [5.74, 6) is 1.19. The normalized spacial score (nSPS) is 18.8. The van der Waals surface area contributed by atoms with Crippen LogP contribution >= 0.6 is 23.5 Å². The van der Waals surface area contributed by atoms with Crippen LogP contribution in [0.4, 0.5) is 5.69 Å². The molecule has 0 atom stereocenters. The highest BCUT2D eigenvalue weighted by Gasteiger charge is 2.41. The molecule has 2 amide bonds. The maximum Gasteiger partial charge on any atom is 0.273 e. The summed E-state index contributed by atoms with van der Waals surface area (Å²) >= 11 is 2.88. The molecule has 0 N–H and O–H groups in total. The minimum atomic E-state index is -0.254. The molecule has 3 rings (SSSR count). The standard InChI is InChI=1S/C13H9NO3S2/c15-7-8-1-3-9(4-2-8)14-12(16)10-11(13(14)17)19-6-5-18-10/h1-4,7H,5-6H2. The number of benzene rings is 1. The van der Waals surface area contributed by atoms with Gasteiger partial charge in [0.25, 0.3) is 11.8 Å². The van der Waals surface area contributed by atoms with E-state index in [1.165, 1.54) is 28.4 Å². The van der Waals surface area contributed by atoms with Crippen LogP contribution in [0, 0.1) is 0 Å². The lowest BCUT2D eigenvalue weighted by molar-refractivity contribution is -0.120. The lowest BCUT2D eigenvalue weighted by atomic mass is 10.2. The van der Waals surface area contributed by atoms with Crippen molar-refractivity contribution in [2.45, 2.75) is 0 Å². The van der Waals surface area contributed by atoms with E-state index in [-0.39, 0.29) is 11.8 Å².